The number of imide groups is 1. The topological polar surface area (TPSA) is 87.7 Å². The van der Waals surface area contributed by atoms with Gasteiger partial charge in [-0.25, -0.2) is 9.69 Å². The SMILES string of the molecule is COc1ccccc1NC(=O)CN1C(=O)N/C(=C/c2ccc(Sc3ccc(Cl)cc3)s2)C1=O. The van der Waals surface area contributed by atoms with Crippen LogP contribution < -0.4 is 15.4 Å². The number of methoxy groups -OCH3 is 1. The van der Waals surface area contributed by atoms with Crippen LogP contribution in [0.25, 0.3) is 6.08 Å². The van der Waals surface area contributed by atoms with Gasteiger partial charge < -0.3 is 15.4 Å². The maximum Gasteiger partial charge on any atom is 0.329 e. The van der Waals surface area contributed by atoms with Crippen molar-refractivity contribution in [3.63, 3.8) is 0 Å². The number of amides is 4. The van der Waals surface area contributed by atoms with Crippen LogP contribution in [-0.2, 0) is 9.59 Å². The molecule has 0 saturated carbocycles. The first kappa shape index (κ1) is 22.9. The van der Waals surface area contributed by atoms with Crippen molar-refractivity contribution in [2.75, 3.05) is 19.0 Å². The van der Waals surface area contributed by atoms with E-state index in [4.69, 9.17) is 16.3 Å². The third kappa shape index (κ3) is 5.57. The third-order valence-corrected chi connectivity index (χ3v) is 6.99. The third-order valence-electron chi connectivity index (χ3n) is 4.57. The number of halogens is 1. The van der Waals surface area contributed by atoms with Gasteiger partial charge in [0.25, 0.3) is 5.91 Å². The predicted octanol–water partition coefficient (Wildman–Crippen LogP) is 5.09. The molecule has 4 amide bonds. The van der Waals surface area contributed by atoms with Gasteiger partial charge in [-0.2, -0.15) is 0 Å². The van der Waals surface area contributed by atoms with Crippen LogP contribution in [0.15, 0.2) is 75.5 Å². The molecular formula is C23H18ClN3O4S2. The monoisotopic (exact) mass is 499 g/mol. The summed E-state index contributed by atoms with van der Waals surface area (Å²) in [6.07, 6.45) is 1.61. The van der Waals surface area contributed by atoms with Gasteiger partial charge in [0.2, 0.25) is 5.91 Å². The van der Waals surface area contributed by atoms with Gasteiger partial charge >= 0.3 is 6.03 Å². The lowest BCUT2D eigenvalue weighted by Crippen LogP contribution is -2.38. The Balaban J connectivity index is 1.41. The number of hydrogen-bond donors (Lipinski definition) is 2. The van der Waals surface area contributed by atoms with Crippen molar-refractivity contribution in [1.82, 2.24) is 10.2 Å². The lowest BCUT2D eigenvalue weighted by Gasteiger charge is -2.13. The van der Waals surface area contributed by atoms with E-state index in [2.05, 4.69) is 10.6 Å². The maximum absolute atomic E-state index is 12.7. The molecule has 0 radical (unpaired) electrons. The minimum absolute atomic E-state index is 0.120. The second kappa shape index (κ2) is 10.1. The fourth-order valence-electron chi connectivity index (χ4n) is 3.02. The second-order valence-electron chi connectivity index (χ2n) is 6.84. The van der Waals surface area contributed by atoms with Crippen LogP contribution in [0, 0.1) is 0 Å². The van der Waals surface area contributed by atoms with E-state index in [1.54, 1.807) is 42.1 Å². The largest absolute Gasteiger partial charge is 0.495 e. The van der Waals surface area contributed by atoms with Crippen molar-refractivity contribution in [1.29, 1.82) is 0 Å². The van der Waals surface area contributed by atoms with Crippen molar-refractivity contribution in [2.24, 2.45) is 0 Å². The van der Waals surface area contributed by atoms with Crippen LogP contribution in [0.3, 0.4) is 0 Å². The lowest BCUT2D eigenvalue weighted by atomic mass is 10.3. The minimum Gasteiger partial charge on any atom is -0.495 e. The average molecular weight is 500 g/mol. The molecule has 4 rings (SSSR count). The van der Waals surface area contributed by atoms with Gasteiger partial charge in [0, 0.05) is 14.8 Å². The highest BCUT2D eigenvalue weighted by atomic mass is 35.5. The molecule has 10 heteroatoms. The number of para-hydroxylation sites is 2. The van der Waals surface area contributed by atoms with Crippen LogP contribution in [0.2, 0.25) is 5.02 Å². The molecule has 2 aromatic carbocycles. The molecule has 1 saturated heterocycles. The summed E-state index contributed by atoms with van der Waals surface area (Å²) in [5.41, 5.74) is 0.576. The number of nitrogens with one attached hydrogen (secondary N) is 2. The van der Waals surface area contributed by atoms with E-state index < -0.39 is 24.4 Å². The molecule has 1 aliphatic heterocycles. The zero-order valence-corrected chi connectivity index (χ0v) is 19.7. The first-order chi connectivity index (χ1) is 15.9. The molecule has 0 atom stereocenters. The minimum atomic E-state index is -0.645. The highest BCUT2D eigenvalue weighted by molar-refractivity contribution is 8.01. The Bertz CT molecular complexity index is 1240. The van der Waals surface area contributed by atoms with E-state index in [-0.39, 0.29) is 5.70 Å². The summed E-state index contributed by atoms with van der Waals surface area (Å²) < 4.78 is 6.22. The number of urea groups is 1. The van der Waals surface area contributed by atoms with Gasteiger partial charge in [-0.15, -0.1) is 11.3 Å². The number of thiophene rings is 1. The van der Waals surface area contributed by atoms with Crippen molar-refractivity contribution in [3.8, 4) is 5.75 Å². The van der Waals surface area contributed by atoms with Gasteiger partial charge in [-0.3, -0.25) is 9.59 Å². The van der Waals surface area contributed by atoms with Crippen molar-refractivity contribution >= 4 is 64.3 Å². The van der Waals surface area contributed by atoms with Crippen molar-refractivity contribution in [3.05, 3.63) is 76.3 Å². The van der Waals surface area contributed by atoms with E-state index in [9.17, 15) is 14.4 Å². The smallest absolute Gasteiger partial charge is 0.329 e. The lowest BCUT2D eigenvalue weighted by molar-refractivity contribution is -0.127. The number of carbonyl (C=O) groups is 3. The Morgan fingerprint density at radius 3 is 2.67 bits per heavy atom. The molecule has 1 fully saturated rings. The number of rotatable bonds is 7. The Kier molecular flexibility index (Phi) is 7.02. The second-order valence-corrected chi connectivity index (χ2v) is 9.77. The molecule has 0 spiro atoms. The predicted molar refractivity (Wildman–Crippen MR) is 130 cm³/mol. The van der Waals surface area contributed by atoms with Crippen molar-refractivity contribution < 1.29 is 19.1 Å². The highest BCUT2D eigenvalue weighted by Gasteiger charge is 2.35. The molecule has 168 valence electrons. The first-order valence-electron chi connectivity index (χ1n) is 9.73. The van der Waals surface area contributed by atoms with Crippen molar-refractivity contribution in [2.45, 2.75) is 9.10 Å². The molecule has 33 heavy (non-hydrogen) atoms. The number of carbonyl (C=O) groups excluding carboxylic acids is 3. The van der Waals surface area contributed by atoms with Gasteiger partial charge in [0.05, 0.1) is 17.0 Å². The molecular weight excluding hydrogens is 482 g/mol. The molecule has 0 bridgehead atoms. The van der Waals surface area contributed by atoms with E-state index in [0.29, 0.717) is 16.5 Å². The Hall–Kier alpha value is -3.27. The summed E-state index contributed by atoms with van der Waals surface area (Å²) in [5.74, 6) is -0.592. The van der Waals surface area contributed by atoms with E-state index in [1.807, 2.05) is 36.4 Å². The highest BCUT2D eigenvalue weighted by Crippen LogP contribution is 2.35. The molecule has 2 heterocycles. The Morgan fingerprint density at radius 1 is 1.15 bits per heavy atom. The average Bonchev–Trinajstić information content (AvgIpc) is 3.35. The van der Waals surface area contributed by atoms with Crippen LogP contribution in [0.5, 0.6) is 5.75 Å². The first-order valence-corrected chi connectivity index (χ1v) is 11.7. The summed E-state index contributed by atoms with van der Waals surface area (Å²) in [6, 6.07) is 17.6. The van der Waals surface area contributed by atoms with Gasteiger partial charge in [-0.1, -0.05) is 35.5 Å². The van der Waals surface area contributed by atoms with E-state index in [0.717, 1.165) is 18.9 Å². The summed E-state index contributed by atoms with van der Waals surface area (Å²) >= 11 is 8.98. The molecule has 0 unspecified atom stereocenters. The molecule has 3 aromatic rings. The van der Waals surface area contributed by atoms with E-state index >= 15 is 0 Å². The molecule has 1 aliphatic rings. The molecule has 0 aliphatic carbocycles. The number of hydrogen-bond acceptors (Lipinski definition) is 6. The normalized spacial score (nSPS) is 14.5. The summed E-state index contributed by atoms with van der Waals surface area (Å²) in [6.45, 7) is -0.415. The van der Waals surface area contributed by atoms with Crippen LogP contribution in [0.4, 0.5) is 10.5 Å². The zero-order chi connectivity index (χ0) is 23.4. The van der Waals surface area contributed by atoms with Crippen LogP contribution in [-0.4, -0.2) is 36.4 Å². The zero-order valence-electron chi connectivity index (χ0n) is 17.3. The van der Waals surface area contributed by atoms with Gasteiger partial charge in [0.1, 0.15) is 18.0 Å². The number of ether oxygens (including phenoxy) is 1. The molecule has 7 nitrogen and oxygen atoms in total. The summed E-state index contributed by atoms with van der Waals surface area (Å²) in [7, 11) is 1.49. The fraction of sp³-hybridized carbons (Fsp3) is 0.0870. The Morgan fingerprint density at radius 2 is 1.91 bits per heavy atom. The molecule has 2 N–H and O–H groups in total. The summed E-state index contributed by atoms with van der Waals surface area (Å²) in [4.78, 5) is 40.2. The quantitative estimate of drug-likeness (QED) is 0.349. The van der Waals surface area contributed by atoms with E-state index in [1.165, 1.54) is 18.4 Å². The summed E-state index contributed by atoms with van der Waals surface area (Å²) in [5, 5.41) is 5.87. The standard InChI is InChI=1S/C23H18ClN3O4S2/c1-31-19-5-3-2-4-17(19)25-20(28)13-27-22(29)18(26-23(27)30)12-16-10-11-21(33-16)32-15-8-6-14(24)7-9-15/h2-12H,13H2,1H3,(H,25,28)(H,26,30)/b18-12+. The van der Waals surface area contributed by atoms with Gasteiger partial charge in [-0.05, 0) is 54.6 Å². The Labute approximate surface area is 203 Å². The number of benzene rings is 2. The van der Waals surface area contributed by atoms with Gasteiger partial charge in [0.15, 0.2) is 0 Å². The van der Waals surface area contributed by atoms with Crippen LogP contribution in [0.1, 0.15) is 4.88 Å². The maximum atomic E-state index is 12.7. The number of nitrogens with zero attached hydrogens (tertiary/aromatic N) is 1. The molecule has 1 aromatic heterocycles. The van der Waals surface area contributed by atoms with Crippen LogP contribution >= 0.6 is 34.7 Å². The fourth-order valence-corrected chi connectivity index (χ4v) is 5.22. The number of anilines is 1.